The van der Waals surface area contributed by atoms with Crippen molar-refractivity contribution >= 4 is 28.7 Å². The van der Waals surface area contributed by atoms with Gasteiger partial charge < -0.3 is 14.1 Å². The van der Waals surface area contributed by atoms with E-state index in [-0.39, 0.29) is 12.2 Å². The third kappa shape index (κ3) is 4.46. The molecule has 1 aromatic heterocycles. The number of fused-ring (bicyclic) bond motifs is 1. The number of hydrogen-bond donors (Lipinski definition) is 0. The van der Waals surface area contributed by atoms with Crippen LogP contribution in [0.15, 0.2) is 47.3 Å². The summed E-state index contributed by atoms with van der Waals surface area (Å²) in [5, 5.41) is 2.17. The number of aromatic nitrogens is 1. The normalized spacial score (nSPS) is 15.3. The minimum atomic E-state index is -0.574. The van der Waals surface area contributed by atoms with Crippen LogP contribution in [0.2, 0.25) is 5.02 Å². The molecule has 0 saturated heterocycles. The molecular formula is C26H28ClNO3. The van der Waals surface area contributed by atoms with Crippen molar-refractivity contribution in [2.75, 3.05) is 6.61 Å². The topological polar surface area (TPSA) is 48.3 Å². The second-order valence-electron chi connectivity index (χ2n) is 9.38. The molecular weight excluding hydrogens is 410 g/mol. The van der Waals surface area contributed by atoms with E-state index in [1.165, 1.54) is 18.4 Å². The molecule has 1 heterocycles. The second kappa shape index (κ2) is 8.25. The molecule has 0 aliphatic heterocycles. The van der Waals surface area contributed by atoms with Crippen LogP contribution in [0.5, 0.6) is 0 Å². The van der Waals surface area contributed by atoms with E-state index in [1.54, 1.807) is 11.6 Å². The number of carbonyl (C=O) groups excluding carboxylic acids is 1. The minimum Gasteiger partial charge on any atom is -0.375 e. The van der Waals surface area contributed by atoms with Gasteiger partial charge in [0, 0.05) is 28.7 Å². The molecule has 162 valence electrons. The molecule has 1 saturated carbocycles. The molecule has 2 aromatic carbocycles. The van der Waals surface area contributed by atoms with Gasteiger partial charge in [0.25, 0.3) is 5.56 Å². The van der Waals surface area contributed by atoms with Crippen molar-refractivity contribution in [2.45, 2.75) is 51.0 Å². The van der Waals surface area contributed by atoms with Crippen LogP contribution in [0.3, 0.4) is 0 Å². The van der Waals surface area contributed by atoms with Gasteiger partial charge in [0.15, 0.2) is 0 Å². The van der Waals surface area contributed by atoms with Crippen LogP contribution in [-0.4, -0.2) is 23.1 Å². The fraction of sp³-hybridized carbons (Fsp3) is 0.385. The maximum Gasteiger partial charge on any atom is 0.258 e. The molecule has 1 atom stereocenters. The Morgan fingerprint density at radius 2 is 1.81 bits per heavy atom. The zero-order chi connectivity index (χ0) is 22.3. The van der Waals surface area contributed by atoms with E-state index in [2.05, 4.69) is 6.07 Å². The fourth-order valence-electron chi connectivity index (χ4n) is 4.10. The Kier molecular flexibility index (Phi) is 5.80. The number of hydrogen-bond acceptors (Lipinski definition) is 3. The first kappa shape index (κ1) is 21.8. The Labute approximate surface area is 187 Å². The number of halogens is 1. The predicted molar refractivity (Wildman–Crippen MR) is 126 cm³/mol. The van der Waals surface area contributed by atoms with Crippen molar-refractivity contribution < 1.29 is 9.53 Å². The maximum absolute atomic E-state index is 13.4. The first-order valence-electron chi connectivity index (χ1n) is 10.7. The highest BCUT2D eigenvalue weighted by atomic mass is 35.5. The highest BCUT2D eigenvalue weighted by Gasteiger charge is 2.27. The summed E-state index contributed by atoms with van der Waals surface area (Å²) in [6, 6.07) is 13.7. The average Bonchev–Trinajstić information content (AvgIpc) is 3.57. The summed E-state index contributed by atoms with van der Waals surface area (Å²) in [5.74, 6) is -0.0224. The van der Waals surface area contributed by atoms with Gasteiger partial charge in [0.1, 0.15) is 6.29 Å². The van der Waals surface area contributed by atoms with Crippen molar-refractivity contribution in [1.29, 1.82) is 0 Å². The molecule has 1 fully saturated rings. The quantitative estimate of drug-likeness (QED) is 0.455. The summed E-state index contributed by atoms with van der Waals surface area (Å²) in [4.78, 5) is 25.6. The number of nitrogens with zero attached hydrogens (tertiary/aromatic N) is 1. The third-order valence-corrected chi connectivity index (χ3v) is 6.11. The van der Waals surface area contributed by atoms with Gasteiger partial charge in [-0.2, -0.15) is 0 Å². The number of rotatable bonds is 6. The summed E-state index contributed by atoms with van der Waals surface area (Å²) >= 11 is 6.13. The summed E-state index contributed by atoms with van der Waals surface area (Å²) in [7, 11) is 1.74. The van der Waals surface area contributed by atoms with Crippen molar-refractivity contribution in [2.24, 2.45) is 7.05 Å². The van der Waals surface area contributed by atoms with Gasteiger partial charge in [-0.3, -0.25) is 4.79 Å². The van der Waals surface area contributed by atoms with Crippen LogP contribution in [-0.2, 0) is 16.6 Å². The molecule has 0 amide bonds. The Hall–Kier alpha value is -2.43. The van der Waals surface area contributed by atoms with E-state index < -0.39 is 11.5 Å². The van der Waals surface area contributed by atoms with Gasteiger partial charge in [-0.15, -0.1) is 0 Å². The lowest BCUT2D eigenvalue weighted by Gasteiger charge is -2.25. The van der Waals surface area contributed by atoms with Crippen LogP contribution in [0, 0.1) is 0 Å². The van der Waals surface area contributed by atoms with E-state index in [0.29, 0.717) is 22.0 Å². The zero-order valence-electron chi connectivity index (χ0n) is 18.4. The fourth-order valence-corrected chi connectivity index (χ4v) is 4.23. The molecule has 1 aliphatic carbocycles. The van der Waals surface area contributed by atoms with Crippen molar-refractivity contribution in [3.05, 3.63) is 69.1 Å². The van der Waals surface area contributed by atoms with Gasteiger partial charge in [0.05, 0.1) is 18.1 Å². The van der Waals surface area contributed by atoms with Gasteiger partial charge in [0.2, 0.25) is 0 Å². The lowest BCUT2D eigenvalue weighted by Crippen LogP contribution is -2.29. The summed E-state index contributed by atoms with van der Waals surface area (Å²) < 4.78 is 7.56. The number of carbonyl (C=O) groups is 1. The Bertz CT molecular complexity index is 1180. The second-order valence-corrected chi connectivity index (χ2v) is 9.81. The molecule has 4 nitrogen and oxygen atoms in total. The van der Waals surface area contributed by atoms with Crippen LogP contribution in [0.1, 0.15) is 56.7 Å². The number of pyridine rings is 1. The zero-order valence-corrected chi connectivity index (χ0v) is 19.2. The summed E-state index contributed by atoms with van der Waals surface area (Å²) in [6.45, 7) is 6.06. The summed E-state index contributed by atoms with van der Waals surface area (Å²) in [5.41, 5.74) is 3.19. The van der Waals surface area contributed by atoms with Crippen molar-refractivity contribution in [1.82, 2.24) is 4.57 Å². The van der Waals surface area contributed by atoms with E-state index in [9.17, 15) is 9.59 Å². The highest BCUT2D eigenvalue weighted by molar-refractivity contribution is 6.30. The first-order valence-corrected chi connectivity index (χ1v) is 11.1. The highest BCUT2D eigenvalue weighted by Crippen LogP contribution is 2.42. The third-order valence-electron chi connectivity index (χ3n) is 5.86. The Morgan fingerprint density at radius 3 is 2.39 bits per heavy atom. The van der Waals surface area contributed by atoms with E-state index >= 15 is 0 Å². The average molecular weight is 438 g/mol. The molecule has 1 unspecified atom stereocenters. The molecule has 5 heteroatoms. The maximum atomic E-state index is 13.4. The van der Waals surface area contributed by atoms with Gasteiger partial charge in [-0.05, 0) is 74.2 Å². The number of benzene rings is 2. The monoisotopic (exact) mass is 437 g/mol. The lowest BCUT2D eigenvalue weighted by molar-refractivity contribution is -0.112. The molecule has 0 bridgehead atoms. The van der Waals surface area contributed by atoms with E-state index in [1.807, 2.05) is 57.2 Å². The van der Waals surface area contributed by atoms with Crippen LogP contribution >= 0.6 is 11.6 Å². The SMILES string of the molecule is Cn1c(C(C=O)COC(C)(C)C)c(-c2ccc(Cl)cc2)c2ccc(C3CC3)cc2c1=O. The van der Waals surface area contributed by atoms with Gasteiger partial charge >= 0.3 is 0 Å². The Morgan fingerprint density at radius 1 is 1.13 bits per heavy atom. The molecule has 31 heavy (non-hydrogen) atoms. The molecule has 3 aromatic rings. The standard InChI is InChI=1S/C26H28ClNO3/c1-26(2,3)31-15-19(14-29)24-23(17-7-10-20(27)11-8-17)21-12-9-18(16-5-6-16)13-22(21)25(30)28(24)4/h7-14,16,19H,5-6,15H2,1-4H3. The lowest BCUT2D eigenvalue weighted by atomic mass is 9.90. The Balaban J connectivity index is 1.99. The molecule has 0 radical (unpaired) electrons. The molecule has 0 N–H and O–H groups in total. The van der Waals surface area contributed by atoms with Crippen molar-refractivity contribution in [3.8, 4) is 11.1 Å². The van der Waals surface area contributed by atoms with E-state index in [0.717, 1.165) is 22.8 Å². The number of ether oxygens (including phenoxy) is 1. The largest absolute Gasteiger partial charge is 0.375 e. The van der Waals surface area contributed by atoms with Gasteiger partial charge in [-0.25, -0.2) is 0 Å². The van der Waals surface area contributed by atoms with Crippen molar-refractivity contribution in [3.63, 3.8) is 0 Å². The molecule has 1 aliphatic rings. The van der Waals surface area contributed by atoms with E-state index in [4.69, 9.17) is 16.3 Å². The van der Waals surface area contributed by atoms with Crippen LogP contribution in [0.4, 0.5) is 0 Å². The smallest absolute Gasteiger partial charge is 0.258 e. The minimum absolute atomic E-state index is 0.0900. The molecule has 4 rings (SSSR count). The van der Waals surface area contributed by atoms with Gasteiger partial charge in [-0.1, -0.05) is 35.9 Å². The van der Waals surface area contributed by atoms with Crippen LogP contribution < -0.4 is 5.56 Å². The first-order chi connectivity index (χ1) is 14.7. The number of aldehydes is 1. The molecule has 0 spiro atoms. The summed E-state index contributed by atoms with van der Waals surface area (Å²) in [6.07, 6.45) is 3.22. The van der Waals surface area contributed by atoms with Crippen LogP contribution in [0.25, 0.3) is 21.9 Å². The predicted octanol–water partition coefficient (Wildman–Crippen LogP) is 5.83.